The van der Waals surface area contributed by atoms with Crippen molar-refractivity contribution >= 4 is 15.9 Å². The first-order valence-corrected chi connectivity index (χ1v) is 11.0. The van der Waals surface area contributed by atoms with Crippen LogP contribution in [0.3, 0.4) is 0 Å². The summed E-state index contributed by atoms with van der Waals surface area (Å²) in [6.45, 7) is 5.74. The average Bonchev–Trinajstić information content (AvgIpc) is 3.20. The molecule has 4 rings (SSSR count). The van der Waals surface area contributed by atoms with E-state index in [0.717, 1.165) is 46.7 Å². The van der Waals surface area contributed by atoms with E-state index in [1.807, 2.05) is 19.1 Å². The number of aryl methyl sites for hydroxylation is 2. The van der Waals surface area contributed by atoms with Gasteiger partial charge in [-0.05, 0) is 79.1 Å². The van der Waals surface area contributed by atoms with Crippen LogP contribution < -0.4 is 15.4 Å². The molecule has 0 bridgehead atoms. The van der Waals surface area contributed by atoms with E-state index in [1.54, 1.807) is 11.8 Å². The van der Waals surface area contributed by atoms with Crippen molar-refractivity contribution in [3.05, 3.63) is 63.4 Å². The number of piperidine rings is 1. The van der Waals surface area contributed by atoms with Gasteiger partial charge in [-0.3, -0.25) is 0 Å². The van der Waals surface area contributed by atoms with E-state index in [1.165, 1.54) is 11.1 Å². The van der Waals surface area contributed by atoms with Gasteiger partial charge in [-0.2, -0.15) is 4.68 Å². The van der Waals surface area contributed by atoms with Gasteiger partial charge in [0, 0.05) is 28.7 Å². The number of tetrazole rings is 1. The first kappa shape index (κ1) is 21.0. The molecule has 2 heterocycles. The lowest BCUT2D eigenvalue weighted by molar-refractivity contribution is 0.302. The van der Waals surface area contributed by atoms with Gasteiger partial charge in [0.25, 0.3) is 0 Å². The van der Waals surface area contributed by atoms with Crippen molar-refractivity contribution in [2.45, 2.75) is 45.3 Å². The molecule has 0 spiro atoms. The molecule has 1 fully saturated rings. The van der Waals surface area contributed by atoms with Crippen molar-refractivity contribution in [2.75, 3.05) is 13.7 Å². The van der Waals surface area contributed by atoms with Crippen LogP contribution in [0.2, 0.25) is 0 Å². The summed E-state index contributed by atoms with van der Waals surface area (Å²) in [5.41, 5.74) is 4.56. The van der Waals surface area contributed by atoms with E-state index in [0.29, 0.717) is 12.6 Å². The third-order valence-corrected chi connectivity index (χ3v) is 6.56. The zero-order valence-electron chi connectivity index (χ0n) is 17.5. The summed E-state index contributed by atoms with van der Waals surface area (Å²) < 4.78 is 8.49. The third-order valence-electron chi connectivity index (χ3n) is 5.70. The summed E-state index contributed by atoms with van der Waals surface area (Å²) in [6, 6.07) is 13.3. The van der Waals surface area contributed by atoms with Gasteiger partial charge >= 0.3 is 0 Å². The Morgan fingerprint density at radius 3 is 2.83 bits per heavy atom. The van der Waals surface area contributed by atoms with Gasteiger partial charge in [-0.25, -0.2) is 0 Å². The lowest BCUT2D eigenvalue weighted by Crippen LogP contribution is -2.45. The monoisotopic (exact) mass is 470 g/mol. The number of methoxy groups -OCH3 is 1. The van der Waals surface area contributed by atoms with Crippen molar-refractivity contribution in [1.29, 1.82) is 0 Å². The Morgan fingerprint density at radius 1 is 1.23 bits per heavy atom. The molecule has 8 heteroatoms. The highest BCUT2D eigenvalue weighted by Crippen LogP contribution is 2.29. The lowest BCUT2D eigenvalue weighted by atomic mass is 9.91. The first-order valence-electron chi connectivity index (χ1n) is 10.2. The van der Waals surface area contributed by atoms with E-state index in [2.05, 4.69) is 73.3 Å². The quantitative estimate of drug-likeness (QED) is 0.572. The van der Waals surface area contributed by atoms with Gasteiger partial charge in [0.05, 0.1) is 12.8 Å². The fourth-order valence-corrected chi connectivity index (χ4v) is 4.40. The van der Waals surface area contributed by atoms with Gasteiger partial charge in [-0.15, -0.1) is 5.10 Å². The largest absolute Gasteiger partial charge is 0.496 e. The van der Waals surface area contributed by atoms with Crippen LogP contribution >= 0.6 is 15.9 Å². The normalized spacial score (nSPS) is 19.1. The van der Waals surface area contributed by atoms with E-state index >= 15 is 0 Å². The molecule has 1 aliphatic heterocycles. The standard InChI is InChI=1S/C22H27BrN6O/c1-14-6-7-16(12-19(14)23)22-20(5-4-10-24-22)25-13-17-11-18(8-9-21(17)30-3)29-15(2)26-27-28-29/h6-9,11-12,20,22,24-25H,4-5,10,13H2,1-3H3. The number of hydrogen-bond donors (Lipinski definition) is 2. The Labute approximate surface area is 185 Å². The van der Waals surface area contributed by atoms with E-state index in [9.17, 15) is 0 Å². The number of rotatable bonds is 6. The molecule has 7 nitrogen and oxygen atoms in total. The highest BCUT2D eigenvalue weighted by molar-refractivity contribution is 9.10. The minimum atomic E-state index is 0.270. The zero-order chi connectivity index (χ0) is 21.1. The number of aromatic nitrogens is 4. The first-order chi connectivity index (χ1) is 14.6. The predicted molar refractivity (Wildman–Crippen MR) is 120 cm³/mol. The molecule has 30 heavy (non-hydrogen) atoms. The second-order valence-electron chi connectivity index (χ2n) is 7.70. The summed E-state index contributed by atoms with van der Waals surface area (Å²) in [7, 11) is 1.70. The van der Waals surface area contributed by atoms with Gasteiger partial charge in [0.15, 0.2) is 5.82 Å². The molecule has 158 valence electrons. The Balaban J connectivity index is 1.55. The van der Waals surface area contributed by atoms with Crippen molar-refractivity contribution < 1.29 is 4.74 Å². The zero-order valence-corrected chi connectivity index (χ0v) is 19.1. The minimum absolute atomic E-state index is 0.270. The van der Waals surface area contributed by atoms with Gasteiger partial charge < -0.3 is 15.4 Å². The molecule has 2 atom stereocenters. The highest BCUT2D eigenvalue weighted by Gasteiger charge is 2.26. The number of benzene rings is 2. The predicted octanol–water partition coefficient (Wildman–Crippen LogP) is 3.63. The van der Waals surface area contributed by atoms with Crippen molar-refractivity contribution in [3.63, 3.8) is 0 Å². The molecule has 2 N–H and O–H groups in total. The number of ether oxygens (including phenoxy) is 1. The summed E-state index contributed by atoms with van der Waals surface area (Å²) in [6.07, 6.45) is 2.28. The van der Waals surface area contributed by atoms with Crippen LogP contribution in [0, 0.1) is 13.8 Å². The van der Waals surface area contributed by atoms with Crippen LogP contribution in [0.4, 0.5) is 0 Å². The van der Waals surface area contributed by atoms with Crippen molar-refractivity contribution in [1.82, 2.24) is 30.8 Å². The molecule has 2 unspecified atom stereocenters. The maximum absolute atomic E-state index is 5.61. The molecule has 1 aliphatic rings. The summed E-state index contributed by atoms with van der Waals surface area (Å²) >= 11 is 3.68. The fraction of sp³-hybridized carbons (Fsp3) is 0.409. The highest BCUT2D eigenvalue weighted by atomic mass is 79.9. The van der Waals surface area contributed by atoms with Crippen LogP contribution in [-0.4, -0.2) is 39.9 Å². The second kappa shape index (κ2) is 9.24. The maximum Gasteiger partial charge on any atom is 0.153 e. The lowest BCUT2D eigenvalue weighted by Gasteiger charge is -2.34. The summed E-state index contributed by atoms with van der Waals surface area (Å²) in [5.74, 6) is 1.61. The SMILES string of the molecule is COc1ccc(-n2nnnc2C)cc1CNC1CCCNC1c1ccc(C)c(Br)c1. The Hall–Kier alpha value is -2.29. The van der Waals surface area contributed by atoms with Crippen LogP contribution in [0.15, 0.2) is 40.9 Å². The molecule has 1 aromatic heterocycles. The average molecular weight is 471 g/mol. The van der Waals surface area contributed by atoms with Crippen LogP contribution in [0.1, 0.15) is 41.4 Å². The molecule has 3 aromatic rings. The molecule has 0 amide bonds. The molecular formula is C22H27BrN6O. The third kappa shape index (κ3) is 4.40. The Kier molecular flexibility index (Phi) is 6.46. The molecule has 0 saturated carbocycles. The number of nitrogens with zero attached hydrogens (tertiary/aromatic N) is 4. The number of nitrogens with one attached hydrogen (secondary N) is 2. The number of halogens is 1. The maximum atomic E-state index is 5.61. The molecule has 1 saturated heterocycles. The molecule has 0 radical (unpaired) electrons. The van der Waals surface area contributed by atoms with Crippen LogP contribution in [0.25, 0.3) is 5.69 Å². The van der Waals surface area contributed by atoms with Crippen molar-refractivity contribution in [2.24, 2.45) is 0 Å². The minimum Gasteiger partial charge on any atom is -0.496 e. The topological polar surface area (TPSA) is 76.9 Å². The van der Waals surface area contributed by atoms with Crippen LogP contribution in [-0.2, 0) is 6.54 Å². The second-order valence-corrected chi connectivity index (χ2v) is 8.56. The molecular weight excluding hydrogens is 444 g/mol. The summed E-state index contributed by atoms with van der Waals surface area (Å²) in [5, 5.41) is 19.3. The number of hydrogen-bond acceptors (Lipinski definition) is 6. The molecule has 0 aliphatic carbocycles. The van der Waals surface area contributed by atoms with E-state index in [-0.39, 0.29) is 6.04 Å². The van der Waals surface area contributed by atoms with Gasteiger partial charge in [0.1, 0.15) is 5.75 Å². The van der Waals surface area contributed by atoms with Gasteiger partial charge in [-0.1, -0.05) is 28.1 Å². The fourth-order valence-electron chi connectivity index (χ4n) is 4.01. The smallest absolute Gasteiger partial charge is 0.153 e. The summed E-state index contributed by atoms with van der Waals surface area (Å²) in [4.78, 5) is 0. The Bertz CT molecular complexity index is 1020. The van der Waals surface area contributed by atoms with Crippen LogP contribution in [0.5, 0.6) is 5.75 Å². The van der Waals surface area contributed by atoms with E-state index < -0.39 is 0 Å². The van der Waals surface area contributed by atoms with Gasteiger partial charge in [0.2, 0.25) is 0 Å². The van der Waals surface area contributed by atoms with Crippen molar-refractivity contribution in [3.8, 4) is 11.4 Å². The molecule has 2 aromatic carbocycles. The Morgan fingerprint density at radius 2 is 2.10 bits per heavy atom. The van der Waals surface area contributed by atoms with E-state index in [4.69, 9.17) is 4.74 Å².